The van der Waals surface area contributed by atoms with Gasteiger partial charge in [0, 0.05) is 12.1 Å². The van der Waals surface area contributed by atoms with Gasteiger partial charge in [0.1, 0.15) is 60.0 Å². The van der Waals surface area contributed by atoms with E-state index in [0.29, 0.717) is 11.1 Å². The highest BCUT2D eigenvalue weighted by Gasteiger charge is 2.46. The fourth-order valence-corrected chi connectivity index (χ4v) is 4.69. The average Bonchev–Trinajstić information content (AvgIpc) is 2.91. The van der Waals surface area contributed by atoms with Crippen LogP contribution in [0.15, 0.2) is 45.6 Å². The molecule has 41 heavy (non-hydrogen) atoms. The molecule has 218 valence electrons. The summed E-state index contributed by atoms with van der Waals surface area (Å²) in [5.74, 6) is -1.38. The van der Waals surface area contributed by atoms with Gasteiger partial charge < -0.3 is 44.2 Å². The molecule has 1 fully saturated rings. The minimum absolute atomic E-state index is 0.0237. The maximum Gasteiger partial charge on any atom is 0.330 e. The number of hydrogen-bond acceptors (Lipinski definition) is 12. The van der Waals surface area contributed by atoms with E-state index in [1.165, 1.54) is 50.4 Å². The minimum atomic E-state index is -1.79. The van der Waals surface area contributed by atoms with E-state index in [4.69, 9.17) is 18.6 Å². The van der Waals surface area contributed by atoms with E-state index in [1.54, 1.807) is 6.92 Å². The Bertz CT molecular complexity index is 1560. The van der Waals surface area contributed by atoms with Gasteiger partial charge in [0.2, 0.25) is 0 Å². The first-order valence-electron chi connectivity index (χ1n) is 12.6. The first-order valence-corrected chi connectivity index (χ1v) is 12.6. The molecular weight excluding hydrogens is 540 g/mol. The van der Waals surface area contributed by atoms with Crippen LogP contribution in [-0.2, 0) is 25.5 Å². The Labute approximate surface area is 233 Å². The molecule has 5 N–H and O–H groups in total. The molecule has 0 saturated carbocycles. The topological polar surface area (TPSA) is 193 Å². The van der Waals surface area contributed by atoms with E-state index in [-0.39, 0.29) is 46.0 Å². The van der Waals surface area contributed by atoms with Crippen LogP contribution in [-0.4, -0.2) is 75.4 Å². The molecule has 2 heterocycles. The largest absolute Gasteiger partial charge is 0.507 e. The van der Waals surface area contributed by atoms with Gasteiger partial charge in [-0.1, -0.05) is 6.07 Å². The second kappa shape index (κ2) is 12.1. The zero-order chi connectivity index (χ0) is 30.0. The third-order valence-electron chi connectivity index (χ3n) is 6.69. The smallest absolute Gasteiger partial charge is 0.330 e. The number of Topliss-reactive ketones (excluding diaryl/α,β-unsaturated/α-hetero) is 1. The Morgan fingerprint density at radius 1 is 1.02 bits per heavy atom. The van der Waals surface area contributed by atoms with Crippen molar-refractivity contribution in [1.82, 2.24) is 0 Å². The Hall–Kier alpha value is -4.23. The Morgan fingerprint density at radius 2 is 1.76 bits per heavy atom. The molecule has 5 unspecified atom stereocenters. The molecule has 12 nitrogen and oxygen atoms in total. The van der Waals surface area contributed by atoms with Crippen molar-refractivity contribution in [3.63, 3.8) is 0 Å². The van der Waals surface area contributed by atoms with Gasteiger partial charge in [0.05, 0.1) is 24.5 Å². The van der Waals surface area contributed by atoms with Crippen LogP contribution in [0.3, 0.4) is 0 Å². The van der Waals surface area contributed by atoms with Crippen LogP contribution in [0.25, 0.3) is 17.0 Å². The average molecular weight is 571 g/mol. The second-order valence-corrected chi connectivity index (χ2v) is 9.75. The molecule has 12 heteroatoms. The predicted molar refractivity (Wildman–Crippen MR) is 144 cm³/mol. The third kappa shape index (κ3) is 6.25. The van der Waals surface area contributed by atoms with Crippen LogP contribution in [0.1, 0.15) is 35.5 Å². The van der Waals surface area contributed by atoms with Crippen LogP contribution < -0.4 is 10.2 Å². The Morgan fingerprint density at radius 3 is 2.44 bits per heavy atom. The predicted octanol–water partition coefficient (Wildman–Crippen LogP) is 1.43. The molecule has 1 aliphatic heterocycles. The van der Waals surface area contributed by atoms with Gasteiger partial charge in [-0.25, -0.2) is 4.79 Å². The molecule has 1 aliphatic rings. The fourth-order valence-electron chi connectivity index (χ4n) is 4.69. The molecule has 0 bridgehead atoms. The number of aliphatic hydroxyl groups excluding tert-OH is 3. The number of phenols is 2. The first-order chi connectivity index (χ1) is 19.4. The van der Waals surface area contributed by atoms with E-state index in [1.807, 2.05) is 0 Å². The summed E-state index contributed by atoms with van der Waals surface area (Å²) in [7, 11) is 1.38. The number of carbonyl (C=O) groups excluding carboxylic acids is 2. The number of benzene rings is 2. The molecule has 5 atom stereocenters. The van der Waals surface area contributed by atoms with Crippen LogP contribution in [0.4, 0.5) is 0 Å². The summed E-state index contributed by atoms with van der Waals surface area (Å²) in [6.07, 6.45) is -5.82. The summed E-state index contributed by atoms with van der Waals surface area (Å²) in [6.45, 7) is 2.33. The molecule has 0 radical (unpaired) electrons. The number of rotatable bonds is 8. The maximum atomic E-state index is 12.9. The van der Waals surface area contributed by atoms with Crippen molar-refractivity contribution in [1.29, 1.82) is 0 Å². The lowest BCUT2D eigenvalue weighted by Gasteiger charge is -2.40. The lowest BCUT2D eigenvalue weighted by atomic mass is 9.89. The summed E-state index contributed by atoms with van der Waals surface area (Å²) in [4.78, 5) is 36.9. The zero-order valence-corrected chi connectivity index (χ0v) is 22.4. The maximum absolute atomic E-state index is 12.9. The van der Waals surface area contributed by atoms with E-state index in [9.17, 15) is 39.9 Å². The van der Waals surface area contributed by atoms with E-state index in [0.717, 1.165) is 6.08 Å². The van der Waals surface area contributed by atoms with Gasteiger partial charge in [0.15, 0.2) is 16.9 Å². The van der Waals surface area contributed by atoms with E-state index >= 15 is 0 Å². The van der Waals surface area contributed by atoms with Crippen molar-refractivity contribution in [2.75, 3.05) is 13.7 Å². The highest BCUT2D eigenvalue weighted by molar-refractivity contribution is 5.87. The van der Waals surface area contributed by atoms with Crippen molar-refractivity contribution in [3.05, 3.63) is 69.1 Å². The van der Waals surface area contributed by atoms with Crippen molar-refractivity contribution in [3.8, 4) is 17.2 Å². The number of carbonyl (C=O) groups is 2. The SMILES string of the molecule is COc1cc(C=CC(=O)OCC2OC(c3c(O)cc(C)c4c(=O)cc(CC(C)=O)oc34)C(O)C(O)C2O)ccc1O. The number of aliphatic hydroxyl groups is 3. The number of ketones is 1. The summed E-state index contributed by atoms with van der Waals surface area (Å²) in [5.41, 5.74) is 0.0666. The highest BCUT2D eigenvalue weighted by atomic mass is 16.6. The summed E-state index contributed by atoms with van der Waals surface area (Å²) < 4.78 is 21.8. The monoisotopic (exact) mass is 570 g/mol. The standard InChI is InChI=1S/C29H30O12/c1-13-8-18(32)24(28-23(13)19(33)11-16(40-28)9-14(2)30)29-27(37)26(36)25(35)21(41-29)12-39-22(34)7-5-15-4-6-17(31)20(10-15)38-3/h4-8,10-11,21,25-27,29,31-32,35-37H,9,12H2,1-3H3. The van der Waals surface area contributed by atoms with Crippen molar-refractivity contribution in [2.24, 2.45) is 0 Å². The van der Waals surface area contributed by atoms with Gasteiger partial charge in [-0.2, -0.15) is 0 Å². The normalized spacial score (nSPS) is 22.6. The number of ether oxygens (including phenoxy) is 3. The molecule has 4 rings (SSSR count). The quantitative estimate of drug-likeness (QED) is 0.194. The first kappa shape index (κ1) is 29.7. The van der Waals surface area contributed by atoms with Gasteiger partial charge >= 0.3 is 5.97 Å². The van der Waals surface area contributed by atoms with Gasteiger partial charge in [-0.3, -0.25) is 9.59 Å². The molecule has 0 amide bonds. The summed E-state index contributed by atoms with van der Waals surface area (Å²) in [6, 6.07) is 6.85. The Balaban J connectivity index is 1.60. The van der Waals surface area contributed by atoms with Crippen molar-refractivity contribution in [2.45, 2.75) is 50.8 Å². The van der Waals surface area contributed by atoms with Crippen LogP contribution in [0, 0.1) is 6.92 Å². The summed E-state index contributed by atoms with van der Waals surface area (Å²) in [5, 5.41) is 52.5. The van der Waals surface area contributed by atoms with Crippen molar-refractivity contribution >= 4 is 28.8 Å². The number of aromatic hydroxyl groups is 2. The Kier molecular flexibility index (Phi) is 8.78. The highest BCUT2D eigenvalue weighted by Crippen LogP contribution is 2.41. The van der Waals surface area contributed by atoms with Gasteiger partial charge in [0.25, 0.3) is 0 Å². The van der Waals surface area contributed by atoms with Gasteiger partial charge in [-0.05, 0) is 49.2 Å². The fraction of sp³-hybridized carbons (Fsp3) is 0.345. The third-order valence-corrected chi connectivity index (χ3v) is 6.69. The van der Waals surface area contributed by atoms with Crippen LogP contribution in [0.5, 0.6) is 17.2 Å². The number of esters is 1. The molecule has 0 spiro atoms. The minimum Gasteiger partial charge on any atom is -0.507 e. The number of fused-ring (bicyclic) bond motifs is 1. The number of hydrogen-bond donors (Lipinski definition) is 5. The lowest BCUT2D eigenvalue weighted by Crippen LogP contribution is -2.55. The van der Waals surface area contributed by atoms with Gasteiger partial charge in [-0.15, -0.1) is 0 Å². The molecule has 2 aromatic carbocycles. The van der Waals surface area contributed by atoms with E-state index < -0.39 is 54.3 Å². The number of phenolic OH excluding ortho intramolecular Hbond substituents is 2. The summed E-state index contributed by atoms with van der Waals surface area (Å²) >= 11 is 0. The lowest BCUT2D eigenvalue weighted by molar-refractivity contribution is -0.234. The van der Waals surface area contributed by atoms with Crippen molar-refractivity contribution < 1.29 is 53.7 Å². The van der Waals surface area contributed by atoms with E-state index in [2.05, 4.69) is 0 Å². The van der Waals surface area contributed by atoms with Crippen LogP contribution >= 0.6 is 0 Å². The van der Waals surface area contributed by atoms with Crippen LogP contribution in [0.2, 0.25) is 0 Å². The molecule has 1 saturated heterocycles. The molecular formula is C29H30O12. The zero-order valence-electron chi connectivity index (χ0n) is 22.4. The second-order valence-electron chi connectivity index (χ2n) is 9.75. The molecule has 1 aromatic heterocycles. The number of methoxy groups -OCH3 is 1. The molecule has 0 aliphatic carbocycles. The number of aryl methyl sites for hydroxylation is 1. The molecule has 3 aromatic rings.